The number of ether oxygens (including phenoxy) is 11. The van der Waals surface area contributed by atoms with Gasteiger partial charge in [-0.2, -0.15) is 5.48 Å². The maximum Gasteiger partial charge on any atom is 0.304 e. The first kappa shape index (κ1) is 72.0. The largest absolute Gasteiger partial charge is 0.492 e. The number of benzene rings is 1. The van der Waals surface area contributed by atoms with E-state index in [1.165, 1.54) is 62.0 Å². The zero-order chi connectivity index (χ0) is 64.5. The summed E-state index contributed by atoms with van der Waals surface area (Å²) < 4.78 is 67.1. The standard InChI is InChI=1S/C60H81IN2O22S3/c1-13-62-35-27-78-41(24-39(35)74-9)83-53-48(70)46(30(4)80-58(53)82-38-18-16-14-15-17-20-60(73)25-37(66)33(22-28(2)64)44(38)34(60)19-21-86-88-59(7,8)26-40(67)68)63-85-42-23-36(65)55(32(6)79-42)87-56(72)43-29(3)45(61)51(54(77-12)50(43)75-10)84-57-49(71)52(76-11)47(69)31(5)81-57/h14-15,19,30-32,35-36,38-39,41-42,46-49,52-53,55,57-58,62-63,65,69-71,73H,13,21-27H2,1-12H3,(H,67,68)/b15-14-,34-19+/t30-,31+,32-,35+,36+,38+,39+,41+,42+,46-,47+,48+,49-,52-,53-,55-,57+,58+,60+/m1/s1. The van der Waals surface area contributed by atoms with Crippen molar-refractivity contribution in [3.63, 3.8) is 0 Å². The minimum Gasteiger partial charge on any atom is -0.492 e. The first-order valence-corrected chi connectivity index (χ1v) is 33.0. The normalized spacial score (nSPS) is 35.1. The number of methoxy groups -OCH3 is 4. The number of allylic oxidation sites excluding steroid dienone is 3. The number of fused-ring (bicyclic) bond motifs is 2. The van der Waals surface area contributed by atoms with Crippen LogP contribution in [0.1, 0.15) is 96.5 Å². The van der Waals surface area contributed by atoms with Crippen molar-refractivity contribution < 1.29 is 107 Å². The molecule has 4 aliphatic heterocycles. The highest BCUT2D eigenvalue weighted by Crippen LogP contribution is 2.49. The van der Waals surface area contributed by atoms with Crippen molar-refractivity contribution in [1.82, 2.24) is 10.8 Å². The molecule has 8 N–H and O–H groups in total. The van der Waals surface area contributed by atoms with Crippen molar-refractivity contribution in [2.45, 2.75) is 207 Å². The second kappa shape index (κ2) is 31.9. The summed E-state index contributed by atoms with van der Waals surface area (Å²) in [6.07, 6.45) is -13.4. The zero-order valence-electron chi connectivity index (χ0n) is 51.1. The predicted octanol–water partition coefficient (Wildman–Crippen LogP) is 3.84. The van der Waals surface area contributed by atoms with E-state index in [9.17, 15) is 49.8 Å². The Kier molecular flexibility index (Phi) is 26.1. The maximum absolute atomic E-state index is 14.5. The number of hydrogen-bond donors (Lipinski definition) is 8. The number of thioether (sulfide) groups is 1. The molecule has 0 radical (unpaired) electrons. The third-order valence-corrected chi connectivity index (χ3v) is 21.5. The molecule has 6 aliphatic rings. The molecule has 28 heteroatoms. The molecule has 1 aromatic carbocycles. The van der Waals surface area contributed by atoms with E-state index in [4.69, 9.17) is 56.9 Å². The van der Waals surface area contributed by atoms with Gasteiger partial charge in [-0.3, -0.25) is 24.0 Å². The highest BCUT2D eigenvalue weighted by molar-refractivity contribution is 14.1. The van der Waals surface area contributed by atoms with Crippen LogP contribution in [0, 0.1) is 34.2 Å². The Labute approximate surface area is 538 Å². The molecule has 7 rings (SSSR count). The van der Waals surface area contributed by atoms with Gasteiger partial charge in [0, 0.05) is 60.7 Å². The Morgan fingerprint density at radius 3 is 2.24 bits per heavy atom. The summed E-state index contributed by atoms with van der Waals surface area (Å²) in [6.45, 7) is 14.3. The third kappa shape index (κ3) is 17.0. The van der Waals surface area contributed by atoms with Crippen molar-refractivity contribution in [1.29, 1.82) is 0 Å². The Hall–Kier alpha value is -3.42. The summed E-state index contributed by atoms with van der Waals surface area (Å²) in [5, 5.41) is 69.9. The number of carboxylic acid groups (broad SMARTS) is 1. The second-order valence-electron chi connectivity index (χ2n) is 22.6. The smallest absolute Gasteiger partial charge is 0.304 e. The van der Waals surface area contributed by atoms with Crippen LogP contribution in [0.25, 0.3) is 0 Å². The predicted molar refractivity (Wildman–Crippen MR) is 332 cm³/mol. The molecule has 0 amide bonds. The SMILES string of the molecule is CCN[C@H]1CO[C@@H](O[C@H]2[C@H](O[C@H]3C#C/C=C\C#C[C@]4(O)CC(=O)C(CC(C)=O)=C3/C4=C\CSSC(C)(C)CC(=O)O)O[C@H](C)[C@@H](NO[C@H]3C[C@H](O)[C@H](SC(=O)c4c(C)c(I)c(O[C@@H]5O[C@@H](C)[C@H](O)[C@@H](OC)[C@H]5O)c(OC)c4OC)[C@@H](C)O3)[C@@H]2O)C[C@@H]1OC. The first-order valence-electron chi connectivity index (χ1n) is 28.7. The summed E-state index contributed by atoms with van der Waals surface area (Å²) in [4.78, 5) is 59.4. The average molecular weight is 1410 g/mol. The summed E-state index contributed by atoms with van der Waals surface area (Å²) in [6, 6.07) is -1.29. The van der Waals surface area contributed by atoms with Crippen molar-refractivity contribution >= 4 is 78.6 Å². The lowest BCUT2D eigenvalue weighted by atomic mass is 9.72. The maximum atomic E-state index is 14.5. The average Bonchev–Trinajstić information content (AvgIpc) is 0.859. The summed E-state index contributed by atoms with van der Waals surface area (Å²) >= 11 is 2.82. The minimum atomic E-state index is -2.09. The van der Waals surface area contributed by atoms with Crippen LogP contribution < -0.4 is 25.0 Å². The Morgan fingerprint density at radius 2 is 1.59 bits per heavy atom. The van der Waals surface area contributed by atoms with Gasteiger partial charge in [-0.25, -0.2) is 0 Å². The van der Waals surface area contributed by atoms with Gasteiger partial charge in [0.1, 0.15) is 42.4 Å². The molecule has 488 valence electrons. The molecule has 2 bridgehead atoms. The van der Waals surface area contributed by atoms with Gasteiger partial charge in [-0.15, -0.1) is 0 Å². The highest BCUT2D eigenvalue weighted by Gasteiger charge is 2.52. The van der Waals surface area contributed by atoms with Gasteiger partial charge in [0.15, 0.2) is 41.8 Å². The fourth-order valence-corrected chi connectivity index (χ4v) is 15.4. The molecule has 4 fully saturated rings. The van der Waals surface area contributed by atoms with Crippen molar-refractivity contribution in [3.05, 3.63) is 49.6 Å². The van der Waals surface area contributed by atoms with E-state index in [-0.39, 0.29) is 95.5 Å². The molecular formula is C60H81IN2O22S3. The molecule has 19 atom stereocenters. The fraction of sp³-hybridized carbons (Fsp3) is 0.667. The number of aliphatic carboxylic acids is 1. The van der Waals surface area contributed by atoms with Gasteiger partial charge in [-0.05, 0) is 95.3 Å². The number of ketones is 2. The van der Waals surface area contributed by atoms with Crippen LogP contribution in [0.5, 0.6) is 17.2 Å². The minimum absolute atomic E-state index is 0.0200. The fourth-order valence-electron chi connectivity index (χ4n) is 11.2. The number of likely N-dealkylation sites (N-methyl/N-ethyl adjacent to an activating group) is 1. The molecule has 1 aromatic rings. The molecule has 88 heavy (non-hydrogen) atoms. The molecule has 24 nitrogen and oxygen atoms in total. The number of carboxylic acids is 1. The van der Waals surface area contributed by atoms with Crippen LogP contribution in [-0.2, 0) is 57.1 Å². The highest BCUT2D eigenvalue weighted by atomic mass is 127. The lowest BCUT2D eigenvalue weighted by Gasteiger charge is -2.46. The Balaban J connectivity index is 1.12. The van der Waals surface area contributed by atoms with E-state index in [0.29, 0.717) is 15.7 Å². The zero-order valence-corrected chi connectivity index (χ0v) is 55.7. The van der Waals surface area contributed by atoms with Gasteiger partial charge in [0.2, 0.25) is 17.2 Å². The van der Waals surface area contributed by atoms with Crippen LogP contribution >= 0.6 is 55.9 Å². The number of rotatable bonds is 25. The lowest BCUT2D eigenvalue weighted by Crippen LogP contribution is -2.65. The molecule has 2 aliphatic carbocycles. The van der Waals surface area contributed by atoms with E-state index in [2.05, 4.69) is 34.5 Å². The van der Waals surface area contributed by atoms with Gasteiger partial charge < -0.3 is 88.1 Å². The molecule has 0 saturated carbocycles. The van der Waals surface area contributed by atoms with Crippen LogP contribution in [0.3, 0.4) is 0 Å². The van der Waals surface area contributed by atoms with Crippen molar-refractivity contribution in [3.8, 4) is 40.9 Å². The molecule has 4 saturated heterocycles. The lowest BCUT2D eigenvalue weighted by molar-refractivity contribution is -0.336. The van der Waals surface area contributed by atoms with E-state index in [0.717, 1.165) is 11.8 Å². The summed E-state index contributed by atoms with van der Waals surface area (Å²) in [7, 11) is 8.28. The number of aliphatic hydroxyl groups is 5. The van der Waals surface area contributed by atoms with E-state index >= 15 is 0 Å². The Morgan fingerprint density at radius 1 is 0.886 bits per heavy atom. The number of nitrogens with one attached hydrogen (secondary N) is 2. The monoisotopic (exact) mass is 1400 g/mol. The second-order valence-corrected chi connectivity index (χ2v) is 27.9. The summed E-state index contributed by atoms with van der Waals surface area (Å²) in [5.74, 6) is 10.0. The van der Waals surface area contributed by atoms with Gasteiger partial charge in [0.05, 0.1) is 90.7 Å². The van der Waals surface area contributed by atoms with Gasteiger partial charge >= 0.3 is 5.97 Å². The number of halogens is 1. The van der Waals surface area contributed by atoms with Crippen LogP contribution in [0.4, 0.5) is 0 Å². The topological polar surface area (TPSA) is 324 Å². The quantitative estimate of drug-likeness (QED) is 0.0227. The molecular weight excluding hydrogens is 1320 g/mol. The van der Waals surface area contributed by atoms with E-state index in [1.807, 2.05) is 29.5 Å². The van der Waals surface area contributed by atoms with Crippen LogP contribution in [-0.4, -0.2) is 221 Å². The molecule has 0 spiro atoms. The number of carbonyl (C=O) groups is 4. The Bertz CT molecular complexity index is 2900. The first-order chi connectivity index (χ1) is 41.7. The van der Waals surface area contributed by atoms with E-state index < -0.39 is 131 Å². The van der Waals surface area contributed by atoms with Gasteiger partial charge in [0.25, 0.3) is 0 Å². The van der Waals surface area contributed by atoms with Crippen molar-refractivity contribution in [2.75, 3.05) is 47.3 Å². The molecule has 4 heterocycles. The number of hydrogen-bond acceptors (Lipinski definition) is 26. The van der Waals surface area contributed by atoms with Gasteiger partial charge in [-0.1, -0.05) is 70.0 Å². The number of carbonyl (C=O) groups excluding carboxylic acids is 3. The third-order valence-electron chi connectivity index (χ3n) is 15.6. The molecule has 0 aromatic heterocycles. The summed E-state index contributed by atoms with van der Waals surface area (Å²) in [5.41, 5.74) is 1.64. The van der Waals surface area contributed by atoms with E-state index in [1.54, 1.807) is 54.7 Å². The van der Waals surface area contributed by atoms with Crippen LogP contribution in [0.15, 0.2) is 34.9 Å². The van der Waals surface area contributed by atoms with Crippen LogP contribution in [0.2, 0.25) is 0 Å². The number of aliphatic hydroxyl groups excluding tert-OH is 4. The molecule has 0 unspecified atom stereocenters. The number of hydroxylamine groups is 1. The van der Waals surface area contributed by atoms with Crippen molar-refractivity contribution in [2.24, 2.45) is 0 Å². The number of Topliss-reactive ketones (excluding diaryl/α,β-unsaturated/α-hetero) is 2.